The van der Waals surface area contributed by atoms with E-state index < -0.39 is 0 Å². The molecule has 5 heteroatoms. The number of rotatable bonds is 5. The standard InChI is InChI=1S/C22H17FN2O2/c23-20-9-5-4-8-16(20)14-27-17-10-11-18(21(26)12-17)22-19(13-24-25-22)15-6-2-1-3-7-15/h1-13,26H,14H2,(H,24,25). The van der Waals surface area contributed by atoms with Gasteiger partial charge in [-0.25, -0.2) is 4.39 Å². The van der Waals surface area contributed by atoms with Gasteiger partial charge in [0.15, 0.2) is 0 Å². The SMILES string of the molecule is Oc1cc(OCc2ccccc2F)ccc1-c1[nH]ncc1-c1ccccc1. The van der Waals surface area contributed by atoms with E-state index in [9.17, 15) is 9.50 Å². The molecule has 0 fully saturated rings. The summed E-state index contributed by atoms with van der Waals surface area (Å²) in [6.45, 7) is 0.0881. The molecule has 0 saturated carbocycles. The molecular formula is C22H17FN2O2. The second kappa shape index (κ2) is 7.33. The van der Waals surface area contributed by atoms with Gasteiger partial charge in [-0.15, -0.1) is 0 Å². The van der Waals surface area contributed by atoms with Crippen LogP contribution in [0.5, 0.6) is 11.5 Å². The number of phenolic OH excluding ortho intramolecular Hbond substituents is 1. The molecule has 0 atom stereocenters. The second-order valence-electron chi connectivity index (χ2n) is 6.08. The molecule has 0 radical (unpaired) electrons. The average Bonchev–Trinajstić information content (AvgIpc) is 3.18. The largest absolute Gasteiger partial charge is 0.507 e. The Morgan fingerprint density at radius 3 is 2.48 bits per heavy atom. The summed E-state index contributed by atoms with van der Waals surface area (Å²) in [4.78, 5) is 0. The second-order valence-corrected chi connectivity index (χ2v) is 6.08. The van der Waals surface area contributed by atoms with E-state index in [4.69, 9.17) is 4.74 Å². The van der Waals surface area contributed by atoms with E-state index in [0.29, 0.717) is 16.9 Å². The van der Waals surface area contributed by atoms with E-state index in [-0.39, 0.29) is 18.2 Å². The maximum atomic E-state index is 13.7. The fourth-order valence-electron chi connectivity index (χ4n) is 2.92. The number of hydrogen-bond donors (Lipinski definition) is 2. The van der Waals surface area contributed by atoms with Gasteiger partial charge in [-0.3, -0.25) is 5.10 Å². The Hall–Kier alpha value is -3.60. The van der Waals surface area contributed by atoms with Crippen LogP contribution in [0.25, 0.3) is 22.4 Å². The molecule has 1 aromatic heterocycles. The number of aromatic hydroxyl groups is 1. The third kappa shape index (κ3) is 3.53. The molecule has 0 aliphatic heterocycles. The summed E-state index contributed by atoms with van der Waals surface area (Å²) in [5.74, 6) is 0.200. The zero-order chi connectivity index (χ0) is 18.6. The quantitative estimate of drug-likeness (QED) is 0.516. The first-order chi connectivity index (χ1) is 13.2. The van der Waals surface area contributed by atoms with Crippen LogP contribution in [0.4, 0.5) is 4.39 Å². The molecule has 4 aromatic rings. The van der Waals surface area contributed by atoms with Crippen LogP contribution < -0.4 is 4.74 Å². The van der Waals surface area contributed by atoms with Crippen molar-refractivity contribution >= 4 is 0 Å². The summed E-state index contributed by atoms with van der Waals surface area (Å²) in [6.07, 6.45) is 1.73. The Bertz CT molecular complexity index is 1060. The summed E-state index contributed by atoms with van der Waals surface area (Å²) in [6, 6.07) is 21.3. The highest BCUT2D eigenvalue weighted by Crippen LogP contribution is 2.37. The van der Waals surface area contributed by atoms with E-state index >= 15 is 0 Å². The Labute approximate surface area is 155 Å². The Kier molecular flexibility index (Phi) is 4.58. The lowest BCUT2D eigenvalue weighted by molar-refractivity contribution is 0.298. The van der Waals surface area contributed by atoms with Crippen molar-refractivity contribution in [2.75, 3.05) is 0 Å². The Balaban J connectivity index is 1.58. The number of nitrogens with one attached hydrogen (secondary N) is 1. The fourth-order valence-corrected chi connectivity index (χ4v) is 2.92. The van der Waals surface area contributed by atoms with Crippen LogP contribution in [-0.2, 0) is 6.61 Å². The molecule has 0 spiro atoms. The summed E-state index contributed by atoms with van der Waals surface area (Å²) in [7, 11) is 0. The zero-order valence-electron chi connectivity index (χ0n) is 14.4. The van der Waals surface area contributed by atoms with Gasteiger partial charge >= 0.3 is 0 Å². The molecule has 0 aliphatic carbocycles. The molecule has 2 N–H and O–H groups in total. The lowest BCUT2D eigenvalue weighted by Gasteiger charge is -2.10. The van der Waals surface area contributed by atoms with E-state index in [1.54, 1.807) is 36.5 Å². The number of ether oxygens (including phenoxy) is 1. The minimum atomic E-state index is -0.316. The average molecular weight is 360 g/mol. The number of hydrogen-bond acceptors (Lipinski definition) is 3. The minimum Gasteiger partial charge on any atom is -0.507 e. The Morgan fingerprint density at radius 1 is 0.926 bits per heavy atom. The van der Waals surface area contributed by atoms with Gasteiger partial charge in [-0.1, -0.05) is 48.5 Å². The molecule has 0 bridgehead atoms. The third-order valence-corrected chi connectivity index (χ3v) is 4.31. The monoisotopic (exact) mass is 360 g/mol. The van der Waals surface area contributed by atoms with Crippen molar-refractivity contribution in [2.45, 2.75) is 6.61 Å². The van der Waals surface area contributed by atoms with Crippen LogP contribution in [0.1, 0.15) is 5.56 Å². The maximum Gasteiger partial charge on any atom is 0.129 e. The van der Waals surface area contributed by atoms with Crippen molar-refractivity contribution < 1.29 is 14.2 Å². The predicted molar refractivity (Wildman–Crippen MR) is 102 cm³/mol. The summed E-state index contributed by atoms with van der Waals surface area (Å²) < 4.78 is 19.3. The van der Waals surface area contributed by atoms with Crippen molar-refractivity contribution in [2.24, 2.45) is 0 Å². The van der Waals surface area contributed by atoms with Crippen molar-refractivity contribution in [1.29, 1.82) is 0 Å². The predicted octanol–water partition coefficient (Wildman–Crippen LogP) is 5.17. The van der Waals surface area contributed by atoms with Crippen molar-refractivity contribution in [1.82, 2.24) is 10.2 Å². The summed E-state index contributed by atoms with van der Waals surface area (Å²) in [5, 5.41) is 17.5. The minimum absolute atomic E-state index is 0.0578. The first kappa shape index (κ1) is 16.8. The van der Waals surface area contributed by atoms with Gasteiger partial charge in [0.25, 0.3) is 0 Å². The summed E-state index contributed by atoms with van der Waals surface area (Å²) >= 11 is 0. The smallest absolute Gasteiger partial charge is 0.129 e. The molecule has 0 amide bonds. The zero-order valence-corrected chi connectivity index (χ0v) is 14.4. The number of aromatic nitrogens is 2. The highest BCUT2D eigenvalue weighted by molar-refractivity contribution is 5.83. The summed E-state index contributed by atoms with van der Waals surface area (Å²) in [5.41, 5.74) is 3.69. The van der Waals surface area contributed by atoms with Crippen LogP contribution in [0.2, 0.25) is 0 Å². The number of H-pyrrole nitrogens is 1. The first-order valence-electron chi connectivity index (χ1n) is 8.51. The third-order valence-electron chi connectivity index (χ3n) is 4.31. The van der Waals surface area contributed by atoms with Gasteiger partial charge in [0.05, 0.1) is 11.9 Å². The lowest BCUT2D eigenvalue weighted by Crippen LogP contribution is -1.98. The Morgan fingerprint density at radius 2 is 1.70 bits per heavy atom. The highest BCUT2D eigenvalue weighted by atomic mass is 19.1. The maximum absolute atomic E-state index is 13.7. The van der Waals surface area contributed by atoms with Crippen molar-refractivity contribution in [3.05, 3.63) is 90.4 Å². The van der Waals surface area contributed by atoms with Gasteiger partial charge in [0.2, 0.25) is 0 Å². The van der Waals surface area contributed by atoms with Gasteiger partial charge in [0, 0.05) is 22.8 Å². The molecule has 0 unspecified atom stereocenters. The number of phenols is 1. The van der Waals surface area contributed by atoms with Gasteiger partial charge in [-0.2, -0.15) is 5.10 Å². The van der Waals surface area contributed by atoms with E-state index in [1.165, 1.54) is 12.1 Å². The van der Waals surface area contributed by atoms with Gasteiger partial charge in [0.1, 0.15) is 23.9 Å². The van der Waals surface area contributed by atoms with Crippen LogP contribution in [0.3, 0.4) is 0 Å². The normalized spacial score (nSPS) is 10.7. The lowest BCUT2D eigenvalue weighted by atomic mass is 10.0. The topological polar surface area (TPSA) is 58.1 Å². The van der Waals surface area contributed by atoms with Gasteiger partial charge < -0.3 is 9.84 Å². The van der Waals surface area contributed by atoms with E-state index in [2.05, 4.69) is 10.2 Å². The molecule has 27 heavy (non-hydrogen) atoms. The molecule has 4 rings (SSSR count). The van der Waals surface area contributed by atoms with E-state index in [1.807, 2.05) is 30.3 Å². The molecule has 134 valence electrons. The molecule has 3 aromatic carbocycles. The van der Waals surface area contributed by atoms with Gasteiger partial charge in [-0.05, 0) is 23.8 Å². The van der Waals surface area contributed by atoms with Crippen LogP contribution in [0.15, 0.2) is 79.0 Å². The van der Waals surface area contributed by atoms with Crippen LogP contribution in [-0.4, -0.2) is 15.3 Å². The molecular weight excluding hydrogens is 343 g/mol. The first-order valence-corrected chi connectivity index (χ1v) is 8.51. The highest BCUT2D eigenvalue weighted by Gasteiger charge is 2.14. The fraction of sp³-hybridized carbons (Fsp3) is 0.0455. The van der Waals surface area contributed by atoms with Crippen molar-refractivity contribution in [3.63, 3.8) is 0 Å². The van der Waals surface area contributed by atoms with E-state index in [0.717, 1.165) is 16.8 Å². The van der Waals surface area contributed by atoms with Crippen LogP contribution >= 0.6 is 0 Å². The van der Waals surface area contributed by atoms with Crippen LogP contribution in [0, 0.1) is 5.82 Å². The molecule has 1 heterocycles. The number of aromatic amines is 1. The van der Waals surface area contributed by atoms with Crippen molar-refractivity contribution in [3.8, 4) is 33.9 Å². The molecule has 0 saturated heterocycles. The number of nitrogens with zero attached hydrogens (tertiary/aromatic N) is 1. The number of halogens is 1. The molecule has 0 aliphatic rings. The number of benzene rings is 3. The molecule has 4 nitrogen and oxygen atoms in total.